The molecule has 0 saturated carbocycles. The summed E-state index contributed by atoms with van der Waals surface area (Å²) >= 11 is 0. The van der Waals surface area contributed by atoms with Gasteiger partial charge >= 0.3 is 5.97 Å². The molecule has 1 aromatic carbocycles. The summed E-state index contributed by atoms with van der Waals surface area (Å²) in [6.45, 7) is 3.45. The molecule has 0 spiro atoms. The summed E-state index contributed by atoms with van der Waals surface area (Å²) in [5.74, 6) is -0.734. The molecule has 0 radical (unpaired) electrons. The van der Waals surface area contributed by atoms with Crippen LogP contribution in [0, 0.1) is 13.8 Å². The van der Waals surface area contributed by atoms with Crippen LogP contribution < -0.4 is 5.32 Å². The monoisotopic (exact) mass is 272 g/mol. The van der Waals surface area contributed by atoms with Crippen molar-refractivity contribution in [3.63, 3.8) is 0 Å². The summed E-state index contributed by atoms with van der Waals surface area (Å²) in [6.07, 6.45) is 0. The Kier molecular flexibility index (Phi) is 3.89. The SMILES string of the molecule is COC(=O)c1c(C)[nH]c(C(=O)Nc2ccccc2)c1C. The average Bonchev–Trinajstić information content (AvgIpc) is 2.74. The van der Waals surface area contributed by atoms with Gasteiger partial charge in [-0.15, -0.1) is 0 Å². The number of aromatic nitrogens is 1. The first-order valence-electron chi connectivity index (χ1n) is 6.18. The molecule has 5 heteroatoms. The van der Waals surface area contributed by atoms with Gasteiger partial charge in [0, 0.05) is 11.4 Å². The van der Waals surface area contributed by atoms with Crippen LogP contribution >= 0.6 is 0 Å². The Morgan fingerprint density at radius 3 is 2.40 bits per heavy atom. The van der Waals surface area contributed by atoms with Crippen LogP contribution in [0.4, 0.5) is 5.69 Å². The molecule has 0 unspecified atom stereocenters. The Bertz CT molecular complexity index is 645. The normalized spacial score (nSPS) is 10.2. The first-order valence-corrected chi connectivity index (χ1v) is 6.18. The van der Waals surface area contributed by atoms with E-state index in [2.05, 4.69) is 10.3 Å². The number of benzene rings is 1. The third-order valence-corrected chi connectivity index (χ3v) is 3.09. The predicted octanol–water partition coefficient (Wildman–Crippen LogP) is 2.67. The number of rotatable bonds is 3. The molecular weight excluding hydrogens is 256 g/mol. The summed E-state index contributed by atoms with van der Waals surface area (Å²) in [7, 11) is 1.32. The summed E-state index contributed by atoms with van der Waals surface area (Å²) in [5.41, 5.74) is 2.68. The van der Waals surface area contributed by atoms with E-state index in [0.29, 0.717) is 28.2 Å². The molecule has 1 amide bonds. The second-order valence-electron chi connectivity index (χ2n) is 4.44. The average molecular weight is 272 g/mol. The van der Waals surface area contributed by atoms with E-state index in [4.69, 9.17) is 4.74 Å². The molecule has 0 aliphatic heterocycles. The Morgan fingerprint density at radius 2 is 1.80 bits per heavy atom. The molecule has 5 nitrogen and oxygen atoms in total. The summed E-state index contributed by atoms with van der Waals surface area (Å²) in [6, 6.07) is 9.13. The van der Waals surface area contributed by atoms with E-state index in [9.17, 15) is 9.59 Å². The molecule has 1 heterocycles. The number of ether oxygens (including phenoxy) is 1. The Hall–Kier alpha value is -2.56. The zero-order valence-electron chi connectivity index (χ0n) is 11.6. The van der Waals surface area contributed by atoms with Gasteiger partial charge in [0.1, 0.15) is 5.69 Å². The van der Waals surface area contributed by atoms with Crippen molar-refractivity contribution in [3.8, 4) is 0 Å². The first-order chi connectivity index (χ1) is 9.54. The molecule has 0 bridgehead atoms. The van der Waals surface area contributed by atoms with Gasteiger partial charge < -0.3 is 15.0 Å². The predicted molar refractivity (Wildman–Crippen MR) is 76.0 cm³/mol. The topological polar surface area (TPSA) is 71.2 Å². The van der Waals surface area contributed by atoms with E-state index in [0.717, 1.165) is 0 Å². The molecule has 1 aromatic heterocycles. The maximum absolute atomic E-state index is 12.2. The lowest BCUT2D eigenvalue weighted by Crippen LogP contribution is -2.14. The number of H-pyrrole nitrogens is 1. The number of aryl methyl sites for hydroxylation is 1. The Balaban J connectivity index is 2.30. The van der Waals surface area contributed by atoms with E-state index in [-0.39, 0.29) is 5.91 Å². The third-order valence-electron chi connectivity index (χ3n) is 3.09. The van der Waals surface area contributed by atoms with E-state index >= 15 is 0 Å². The van der Waals surface area contributed by atoms with Gasteiger partial charge in [0.25, 0.3) is 5.91 Å². The fraction of sp³-hybridized carbons (Fsp3) is 0.200. The molecule has 2 rings (SSSR count). The Morgan fingerprint density at radius 1 is 1.15 bits per heavy atom. The number of esters is 1. The van der Waals surface area contributed by atoms with Gasteiger partial charge in [0.15, 0.2) is 0 Å². The van der Waals surface area contributed by atoms with Crippen molar-refractivity contribution in [1.82, 2.24) is 4.98 Å². The van der Waals surface area contributed by atoms with Crippen LogP contribution in [0.15, 0.2) is 30.3 Å². The fourth-order valence-corrected chi connectivity index (χ4v) is 2.10. The van der Waals surface area contributed by atoms with Crippen LogP contribution in [-0.4, -0.2) is 24.0 Å². The highest BCUT2D eigenvalue weighted by Crippen LogP contribution is 2.20. The number of carbonyl (C=O) groups is 2. The number of carbonyl (C=O) groups excluding carboxylic acids is 2. The van der Waals surface area contributed by atoms with Crippen LogP contribution in [0.2, 0.25) is 0 Å². The van der Waals surface area contributed by atoms with E-state index in [1.165, 1.54) is 7.11 Å². The minimum Gasteiger partial charge on any atom is -0.465 e. The van der Waals surface area contributed by atoms with E-state index in [1.807, 2.05) is 18.2 Å². The van der Waals surface area contributed by atoms with Gasteiger partial charge in [0.05, 0.1) is 12.7 Å². The molecule has 0 aliphatic rings. The highest BCUT2D eigenvalue weighted by atomic mass is 16.5. The number of anilines is 1. The molecule has 0 fully saturated rings. The molecule has 0 atom stereocenters. The number of amides is 1. The quantitative estimate of drug-likeness (QED) is 0.844. The molecule has 0 aliphatic carbocycles. The van der Waals surface area contributed by atoms with Crippen LogP contribution in [0.3, 0.4) is 0 Å². The van der Waals surface area contributed by atoms with Crippen LogP contribution in [0.5, 0.6) is 0 Å². The number of para-hydroxylation sites is 1. The second-order valence-corrected chi connectivity index (χ2v) is 4.44. The Labute approximate surface area is 117 Å². The minimum atomic E-state index is -0.449. The highest BCUT2D eigenvalue weighted by Gasteiger charge is 2.22. The molecule has 104 valence electrons. The molecule has 0 saturated heterocycles. The smallest absolute Gasteiger partial charge is 0.339 e. The third kappa shape index (κ3) is 2.56. The summed E-state index contributed by atoms with van der Waals surface area (Å²) < 4.78 is 4.72. The van der Waals surface area contributed by atoms with Crippen molar-refractivity contribution < 1.29 is 14.3 Å². The van der Waals surface area contributed by atoms with Gasteiger partial charge in [-0.1, -0.05) is 18.2 Å². The lowest BCUT2D eigenvalue weighted by atomic mass is 10.1. The van der Waals surface area contributed by atoms with Gasteiger partial charge in [0.2, 0.25) is 0 Å². The van der Waals surface area contributed by atoms with Gasteiger partial charge in [-0.05, 0) is 31.5 Å². The van der Waals surface area contributed by atoms with Crippen LogP contribution in [-0.2, 0) is 4.74 Å². The van der Waals surface area contributed by atoms with Gasteiger partial charge in [-0.3, -0.25) is 4.79 Å². The van der Waals surface area contributed by atoms with Crippen molar-refractivity contribution in [3.05, 3.63) is 52.8 Å². The van der Waals surface area contributed by atoms with Crippen LogP contribution in [0.25, 0.3) is 0 Å². The number of aromatic amines is 1. The van der Waals surface area contributed by atoms with Crippen molar-refractivity contribution in [2.24, 2.45) is 0 Å². The van der Waals surface area contributed by atoms with Crippen molar-refractivity contribution in [2.75, 3.05) is 12.4 Å². The zero-order valence-corrected chi connectivity index (χ0v) is 11.6. The second kappa shape index (κ2) is 5.61. The first kappa shape index (κ1) is 13.9. The van der Waals surface area contributed by atoms with Gasteiger partial charge in [-0.25, -0.2) is 4.79 Å². The minimum absolute atomic E-state index is 0.285. The van der Waals surface area contributed by atoms with Crippen molar-refractivity contribution >= 4 is 17.6 Å². The number of nitrogens with one attached hydrogen (secondary N) is 2. The maximum atomic E-state index is 12.2. The molecule has 2 N–H and O–H groups in total. The van der Waals surface area contributed by atoms with Crippen molar-refractivity contribution in [1.29, 1.82) is 0 Å². The highest BCUT2D eigenvalue weighted by molar-refractivity contribution is 6.06. The van der Waals surface area contributed by atoms with E-state index < -0.39 is 5.97 Å². The standard InChI is InChI=1S/C15H16N2O3/c1-9-12(15(19)20-3)10(2)16-13(9)14(18)17-11-7-5-4-6-8-11/h4-8,16H,1-3H3,(H,17,18). The molecule has 20 heavy (non-hydrogen) atoms. The van der Waals surface area contributed by atoms with Gasteiger partial charge in [-0.2, -0.15) is 0 Å². The lowest BCUT2D eigenvalue weighted by Gasteiger charge is -2.04. The number of hydrogen-bond donors (Lipinski definition) is 2. The fourth-order valence-electron chi connectivity index (χ4n) is 2.10. The number of methoxy groups -OCH3 is 1. The largest absolute Gasteiger partial charge is 0.465 e. The lowest BCUT2D eigenvalue weighted by molar-refractivity contribution is 0.0599. The maximum Gasteiger partial charge on any atom is 0.339 e. The summed E-state index contributed by atoms with van der Waals surface area (Å²) in [5, 5.41) is 2.77. The summed E-state index contributed by atoms with van der Waals surface area (Å²) in [4.78, 5) is 26.8. The zero-order chi connectivity index (χ0) is 14.7. The van der Waals surface area contributed by atoms with Crippen LogP contribution in [0.1, 0.15) is 32.1 Å². The van der Waals surface area contributed by atoms with Crippen molar-refractivity contribution in [2.45, 2.75) is 13.8 Å². The number of hydrogen-bond acceptors (Lipinski definition) is 3. The molecular formula is C15H16N2O3. The van der Waals surface area contributed by atoms with E-state index in [1.54, 1.807) is 26.0 Å². The molecule has 2 aromatic rings.